The van der Waals surface area contributed by atoms with Gasteiger partial charge in [0.15, 0.2) is 0 Å². The van der Waals surface area contributed by atoms with Gasteiger partial charge in [-0.3, -0.25) is 4.79 Å². The molecule has 1 saturated carbocycles. The lowest BCUT2D eigenvalue weighted by molar-refractivity contribution is -0.123. The van der Waals surface area contributed by atoms with E-state index in [0.29, 0.717) is 12.6 Å². The maximum atomic E-state index is 12.2. The fourth-order valence-corrected chi connectivity index (χ4v) is 3.50. The van der Waals surface area contributed by atoms with E-state index >= 15 is 0 Å². The Morgan fingerprint density at radius 1 is 1.47 bits per heavy atom. The van der Waals surface area contributed by atoms with Gasteiger partial charge >= 0.3 is 0 Å². The maximum absolute atomic E-state index is 12.2. The molecule has 3 atom stereocenters. The summed E-state index contributed by atoms with van der Waals surface area (Å²) in [6, 6.07) is 2.65. The molecule has 0 bridgehead atoms. The Bertz CT molecular complexity index is 440. The van der Waals surface area contributed by atoms with Crippen molar-refractivity contribution in [2.45, 2.75) is 50.7 Å². The molecule has 104 valence electrons. The minimum atomic E-state index is 0.0248. The van der Waals surface area contributed by atoms with Crippen LogP contribution in [0.2, 0.25) is 0 Å². The van der Waals surface area contributed by atoms with E-state index in [4.69, 9.17) is 0 Å². The summed E-state index contributed by atoms with van der Waals surface area (Å²) in [5, 5.41) is 6.57. The number of aryl methyl sites for hydroxylation is 1. The lowest BCUT2D eigenvalue weighted by Crippen LogP contribution is -2.42. The molecule has 1 aromatic rings. The highest BCUT2D eigenvalue weighted by Gasteiger charge is 2.37. The highest BCUT2D eigenvalue weighted by Crippen LogP contribution is 2.33. The minimum Gasteiger partial charge on any atom is -0.357 e. The number of nitrogens with zero attached hydrogens (tertiary/aromatic N) is 1. The quantitative estimate of drug-likeness (QED) is 0.867. The summed E-state index contributed by atoms with van der Waals surface area (Å²) in [6.07, 6.45) is 10.2. The Hall–Kier alpha value is -1.29. The van der Waals surface area contributed by atoms with Crippen molar-refractivity contribution in [1.29, 1.82) is 0 Å². The van der Waals surface area contributed by atoms with Crippen LogP contribution < -0.4 is 10.6 Å². The van der Waals surface area contributed by atoms with Crippen molar-refractivity contribution >= 4 is 5.91 Å². The predicted molar refractivity (Wildman–Crippen MR) is 74.5 cm³/mol. The van der Waals surface area contributed by atoms with Crippen LogP contribution in [0.1, 0.15) is 37.7 Å². The molecule has 3 rings (SSSR count). The molecular weight excluding hydrogens is 238 g/mol. The van der Waals surface area contributed by atoms with Crippen LogP contribution in [0.25, 0.3) is 0 Å². The molecule has 3 unspecified atom stereocenters. The maximum Gasteiger partial charge on any atom is 0.237 e. The van der Waals surface area contributed by atoms with Crippen molar-refractivity contribution < 1.29 is 4.79 Å². The van der Waals surface area contributed by atoms with Gasteiger partial charge in [0, 0.05) is 32.0 Å². The monoisotopic (exact) mass is 261 g/mol. The lowest BCUT2D eigenvalue weighted by atomic mass is 9.85. The largest absolute Gasteiger partial charge is 0.357 e. The standard InChI is InChI=1S/C15H23N3O/c1-18-7-6-11(10-18)9-16-15(19)14-8-12-4-2-3-5-13(12)17-14/h6-7,10,12-14,17H,2-5,8-9H2,1H3,(H,16,19). The fourth-order valence-electron chi connectivity index (χ4n) is 3.50. The molecule has 19 heavy (non-hydrogen) atoms. The summed E-state index contributed by atoms with van der Waals surface area (Å²) in [5.41, 5.74) is 1.16. The normalized spacial score (nSPS) is 30.1. The zero-order valence-electron chi connectivity index (χ0n) is 11.6. The smallest absolute Gasteiger partial charge is 0.237 e. The second kappa shape index (κ2) is 5.37. The summed E-state index contributed by atoms with van der Waals surface area (Å²) in [7, 11) is 1.99. The van der Waals surface area contributed by atoms with Gasteiger partial charge in [0.05, 0.1) is 6.04 Å². The number of rotatable bonds is 3. The molecule has 2 aliphatic rings. The summed E-state index contributed by atoms with van der Waals surface area (Å²) in [4.78, 5) is 12.2. The van der Waals surface area contributed by atoms with Crippen LogP contribution in [-0.4, -0.2) is 22.6 Å². The Balaban J connectivity index is 1.51. The van der Waals surface area contributed by atoms with Crippen molar-refractivity contribution in [2.75, 3.05) is 0 Å². The molecular formula is C15H23N3O. The van der Waals surface area contributed by atoms with E-state index in [9.17, 15) is 4.79 Å². The molecule has 0 aromatic carbocycles. The van der Waals surface area contributed by atoms with E-state index in [0.717, 1.165) is 17.9 Å². The number of fused-ring (bicyclic) bond motifs is 1. The Morgan fingerprint density at radius 3 is 3.05 bits per heavy atom. The van der Waals surface area contributed by atoms with Gasteiger partial charge in [-0.15, -0.1) is 0 Å². The van der Waals surface area contributed by atoms with E-state index < -0.39 is 0 Å². The van der Waals surface area contributed by atoms with Gasteiger partial charge < -0.3 is 15.2 Å². The van der Waals surface area contributed by atoms with Gasteiger partial charge in [-0.1, -0.05) is 12.8 Å². The van der Waals surface area contributed by atoms with Crippen LogP contribution >= 0.6 is 0 Å². The average Bonchev–Trinajstić information content (AvgIpc) is 3.01. The lowest BCUT2D eigenvalue weighted by Gasteiger charge is -2.24. The molecule has 2 fully saturated rings. The van der Waals surface area contributed by atoms with Gasteiger partial charge in [-0.25, -0.2) is 0 Å². The molecule has 2 heterocycles. The molecule has 2 N–H and O–H groups in total. The SMILES string of the molecule is Cn1ccc(CNC(=O)C2CC3CCCCC3N2)c1. The number of aromatic nitrogens is 1. The van der Waals surface area contributed by atoms with Gasteiger partial charge in [0.25, 0.3) is 0 Å². The van der Waals surface area contributed by atoms with Crippen molar-refractivity contribution in [1.82, 2.24) is 15.2 Å². The van der Waals surface area contributed by atoms with Crippen LogP contribution in [0.3, 0.4) is 0 Å². The molecule has 1 aliphatic carbocycles. The second-order valence-corrected chi connectivity index (χ2v) is 6.01. The molecule has 4 nitrogen and oxygen atoms in total. The first kappa shape index (κ1) is 12.7. The van der Waals surface area contributed by atoms with Crippen molar-refractivity contribution in [3.8, 4) is 0 Å². The van der Waals surface area contributed by atoms with Crippen molar-refractivity contribution in [2.24, 2.45) is 13.0 Å². The summed E-state index contributed by atoms with van der Waals surface area (Å²) >= 11 is 0. The number of nitrogens with one attached hydrogen (secondary N) is 2. The highest BCUT2D eigenvalue weighted by molar-refractivity contribution is 5.82. The van der Waals surface area contributed by atoms with E-state index in [1.807, 2.05) is 30.1 Å². The van der Waals surface area contributed by atoms with Crippen LogP contribution in [0.15, 0.2) is 18.5 Å². The summed E-state index contributed by atoms with van der Waals surface area (Å²) in [6.45, 7) is 0.632. The van der Waals surface area contributed by atoms with E-state index in [2.05, 4.69) is 10.6 Å². The third-order valence-corrected chi connectivity index (χ3v) is 4.54. The Kier molecular flexibility index (Phi) is 3.60. The van der Waals surface area contributed by atoms with E-state index in [1.165, 1.54) is 25.7 Å². The zero-order chi connectivity index (χ0) is 13.2. The van der Waals surface area contributed by atoms with Crippen LogP contribution in [0, 0.1) is 5.92 Å². The molecule has 0 spiro atoms. The molecule has 4 heteroatoms. The molecule has 1 aromatic heterocycles. The summed E-state index contributed by atoms with van der Waals surface area (Å²) < 4.78 is 2.00. The number of hydrogen-bond acceptors (Lipinski definition) is 2. The number of carbonyl (C=O) groups is 1. The number of amides is 1. The third kappa shape index (κ3) is 2.84. The molecule has 1 aliphatic heterocycles. The number of carbonyl (C=O) groups excluding carboxylic acids is 1. The van der Waals surface area contributed by atoms with Gasteiger partial charge in [-0.2, -0.15) is 0 Å². The van der Waals surface area contributed by atoms with Gasteiger partial charge in [-0.05, 0) is 36.8 Å². The first-order valence-electron chi connectivity index (χ1n) is 7.37. The van der Waals surface area contributed by atoms with E-state index in [1.54, 1.807) is 0 Å². The first-order valence-corrected chi connectivity index (χ1v) is 7.37. The van der Waals surface area contributed by atoms with Gasteiger partial charge in [0.1, 0.15) is 0 Å². The fraction of sp³-hybridized carbons (Fsp3) is 0.667. The summed E-state index contributed by atoms with van der Waals surface area (Å²) in [5.74, 6) is 0.888. The predicted octanol–water partition coefficient (Wildman–Crippen LogP) is 1.56. The third-order valence-electron chi connectivity index (χ3n) is 4.54. The van der Waals surface area contributed by atoms with Crippen LogP contribution in [0.5, 0.6) is 0 Å². The molecule has 1 saturated heterocycles. The first-order chi connectivity index (χ1) is 9.22. The van der Waals surface area contributed by atoms with Crippen LogP contribution in [0.4, 0.5) is 0 Å². The van der Waals surface area contributed by atoms with Crippen molar-refractivity contribution in [3.05, 3.63) is 24.0 Å². The zero-order valence-corrected chi connectivity index (χ0v) is 11.6. The Morgan fingerprint density at radius 2 is 2.32 bits per heavy atom. The molecule has 0 radical (unpaired) electrons. The Labute approximate surface area is 114 Å². The van der Waals surface area contributed by atoms with Crippen LogP contribution in [-0.2, 0) is 18.4 Å². The topological polar surface area (TPSA) is 46.1 Å². The van der Waals surface area contributed by atoms with Gasteiger partial charge in [0.2, 0.25) is 5.91 Å². The second-order valence-electron chi connectivity index (χ2n) is 6.01. The molecule has 1 amide bonds. The van der Waals surface area contributed by atoms with Crippen molar-refractivity contribution in [3.63, 3.8) is 0 Å². The minimum absolute atomic E-state index is 0.0248. The highest BCUT2D eigenvalue weighted by atomic mass is 16.2. The number of hydrogen-bond donors (Lipinski definition) is 2. The average molecular weight is 261 g/mol. The van der Waals surface area contributed by atoms with E-state index in [-0.39, 0.29) is 11.9 Å².